The van der Waals surface area contributed by atoms with Crippen LogP contribution in [-0.4, -0.2) is 6.04 Å². The van der Waals surface area contributed by atoms with E-state index < -0.39 is 0 Å². The molecule has 1 unspecified atom stereocenters. The van der Waals surface area contributed by atoms with E-state index >= 15 is 0 Å². The number of hydrogen-bond donors (Lipinski definition) is 1. The fourth-order valence-corrected chi connectivity index (χ4v) is 2.53. The zero-order valence-corrected chi connectivity index (χ0v) is 12.0. The van der Waals surface area contributed by atoms with E-state index in [1.54, 1.807) is 0 Å². The standard InChI is InChI=1S/C12H16BrClFN/c1-4-11(7(2)3)16-12-9(13)5-8(15)6-10(12)14/h5-7,11,16H,4H2,1-3H3. The summed E-state index contributed by atoms with van der Waals surface area (Å²) in [7, 11) is 0. The smallest absolute Gasteiger partial charge is 0.125 e. The van der Waals surface area contributed by atoms with Crippen LogP contribution >= 0.6 is 27.5 Å². The molecule has 0 saturated carbocycles. The molecule has 0 aromatic heterocycles. The molecule has 0 aliphatic heterocycles. The summed E-state index contributed by atoms with van der Waals surface area (Å²) in [6.07, 6.45) is 0.998. The molecule has 1 N–H and O–H groups in total. The molecule has 0 spiro atoms. The summed E-state index contributed by atoms with van der Waals surface area (Å²) in [4.78, 5) is 0. The average molecular weight is 309 g/mol. The second kappa shape index (κ2) is 5.87. The predicted molar refractivity (Wildman–Crippen MR) is 71.6 cm³/mol. The van der Waals surface area contributed by atoms with E-state index in [0.29, 0.717) is 21.5 Å². The molecule has 4 heteroatoms. The van der Waals surface area contributed by atoms with E-state index in [9.17, 15) is 4.39 Å². The van der Waals surface area contributed by atoms with Crippen LogP contribution < -0.4 is 5.32 Å². The van der Waals surface area contributed by atoms with Gasteiger partial charge in [-0.25, -0.2) is 4.39 Å². The van der Waals surface area contributed by atoms with Crippen LogP contribution in [-0.2, 0) is 0 Å². The summed E-state index contributed by atoms with van der Waals surface area (Å²) in [5, 5.41) is 3.75. The Hall–Kier alpha value is -0.280. The Kier molecular flexibility index (Phi) is 5.06. The maximum atomic E-state index is 13.0. The van der Waals surface area contributed by atoms with Gasteiger partial charge in [0.25, 0.3) is 0 Å². The third-order valence-corrected chi connectivity index (χ3v) is 3.50. The molecule has 0 aliphatic rings. The fraction of sp³-hybridized carbons (Fsp3) is 0.500. The van der Waals surface area contributed by atoms with Gasteiger partial charge in [0.05, 0.1) is 10.7 Å². The molecule has 16 heavy (non-hydrogen) atoms. The van der Waals surface area contributed by atoms with Crippen molar-refractivity contribution >= 4 is 33.2 Å². The highest BCUT2D eigenvalue weighted by Crippen LogP contribution is 2.33. The van der Waals surface area contributed by atoms with Gasteiger partial charge >= 0.3 is 0 Å². The van der Waals surface area contributed by atoms with Gasteiger partial charge in [0.15, 0.2) is 0 Å². The monoisotopic (exact) mass is 307 g/mol. The largest absolute Gasteiger partial charge is 0.380 e. The van der Waals surface area contributed by atoms with Crippen LogP contribution in [0.2, 0.25) is 5.02 Å². The molecule has 0 heterocycles. The highest BCUT2D eigenvalue weighted by molar-refractivity contribution is 9.10. The number of rotatable bonds is 4. The van der Waals surface area contributed by atoms with Crippen LogP contribution in [0.15, 0.2) is 16.6 Å². The lowest BCUT2D eigenvalue weighted by Gasteiger charge is -2.23. The van der Waals surface area contributed by atoms with Crippen molar-refractivity contribution in [1.29, 1.82) is 0 Å². The van der Waals surface area contributed by atoms with Gasteiger partial charge in [-0.2, -0.15) is 0 Å². The highest BCUT2D eigenvalue weighted by Gasteiger charge is 2.15. The Balaban J connectivity index is 2.96. The molecule has 0 aliphatic carbocycles. The third kappa shape index (κ3) is 3.36. The van der Waals surface area contributed by atoms with Gasteiger partial charge in [0, 0.05) is 10.5 Å². The summed E-state index contributed by atoms with van der Waals surface area (Å²) >= 11 is 9.33. The van der Waals surface area contributed by atoms with E-state index in [1.807, 2.05) is 0 Å². The fourth-order valence-electron chi connectivity index (χ4n) is 1.61. The Bertz CT molecular complexity index is 345. The van der Waals surface area contributed by atoms with Gasteiger partial charge in [-0.1, -0.05) is 32.4 Å². The first-order valence-electron chi connectivity index (χ1n) is 5.36. The molecule has 1 rings (SSSR count). The molecule has 0 amide bonds. The summed E-state index contributed by atoms with van der Waals surface area (Å²) in [5.41, 5.74) is 0.767. The quantitative estimate of drug-likeness (QED) is 0.817. The van der Waals surface area contributed by atoms with E-state index in [4.69, 9.17) is 11.6 Å². The number of nitrogens with one attached hydrogen (secondary N) is 1. The van der Waals surface area contributed by atoms with Gasteiger partial charge in [-0.3, -0.25) is 0 Å². The molecule has 0 fully saturated rings. The van der Waals surface area contributed by atoms with Crippen molar-refractivity contribution in [2.75, 3.05) is 5.32 Å². The zero-order chi connectivity index (χ0) is 12.3. The van der Waals surface area contributed by atoms with Crippen molar-refractivity contribution in [1.82, 2.24) is 0 Å². The number of hydrogen-bond acceptors (Lipinski definition) is 1. The minimum atomic E-state index is -0.333. The van der Waals surface area contributed by atoms with Crippen molar-refractivity contribution in [2.24, 2.45) is 5.92 Å². The normalized spacial score (nSPS) is 12.9. The molecule has 1 aromatic rings. The molecular weight excluding hydrogens is 292 g/mol. The van der Waals surface area contributed by atoms with E-state index in [-0.39, 0.29) is 5.82 Å². The Morgan fingerprint density at radius 3 is 2.50 bits per heavy atom. The number of halogens is 3. The second-order valence-electron chi connectivity index (χ2n) is 4.15. The van der Waals surface area contributed by atoms with Crippen molar-refractivity contribution in [3.8, 4) is 0 Å². The Morgan fingerprint density at radius 2 is 2.06 bits per heavy atom. The molecule has 90 valence electrons. The number of anilines is 1. The lowest BCUT2D eigenvalue weighted by molar-refractivity contribution is 0.511. The van der Waals surface area contributed by atoms with Crippen LogP contribution in [0.3, 0.4) is 0 Å². The number of benzene rings is 1. The lowest BCUT2D eigenvalue weighted by atomic mass is 10.0. The molecule has 1 atom stereocenters. The second-order valence-corrected chi connectivity index (χ2v) is 5.41. The van der Waals surface area contributed by atoms with E-state index in [2.05, 4.69) is 42.0 Å². The third-order valence-electron chi connectivity index (χ3n) is 2.58. The van der Waals surface area contributed by atoms with Crippen LogP contribution in [0.25, 0.3) is 0 Å². The minimum Gasteiger partial charge on any atom is -0.380 e. The van der Waals surface area contributed by atoms with Gasteiger partial charge in [-0.05, 0) is 40.4 Å². The molecule has 1 nitrogen and oxygen atoms in total. The maximum Gasteiger partial charge on any atom is 0.125 e. The van der Waals surface area contributed by atoms with Crippen molar-refractivity contribution in [2.45, 2.75) is 33.2 Å². The van der Waals surface area contributed by atoms with E-state index in [1.165, 1.54) is 12.1 Å². The first-order chi connectivity index (χ1) is 7.45. The highest BCUT2D eigenvalue weighted by atomic mass is 79.9. The predicted octanol–water partition coefficient (Wildman–Crippen LogP) is 5.09. The van der Waals surface area contributed by atoms with Crippen molar-refractivity contribution < 1.29 is 4.39 Å². The molecule has 0 bridgehead atoms. The van der Waals surface area contributed by atoms with Gasteiger partial charge in [-0.15, -0.1) is 0 Å². The van der Waals surface area contributed by atoms with Crippen LogP contribution in [0.5, 0.6) is 0 Å². The lowest BCUT2D eigenvalue weighted by Crippen LogP contribution is -2.25. The van der Waals surface area contributed by atoms with Crippen LogP contribution in [0.4, 0.5) is 10.1 Å². The Labute approximate surface area is 110 Å². The summed E-state index contributed by atoms with van der Waals surface area (Å²) in [5.74, 6) is 0.165. The van der Waals surface area contributed by atoms with Crippen molar-refractivity contribution in [3.05, 3.63) is 27.4 Å². The maximum absolute atomic E-state index is 13.0. The molecular formula is C12H16BrClFN. The molecule has 0 radical (unpaired) electrons. The van der Waals surface area contributed by atoms with E-state index in [0.717, 1.165) is 12.1 Å². The van der Waals surface area contributed by atoms with Gasteiger partial charge in [0.2, 0.25) is 0 Å². The first kappa shape index (κ1) is 13.8. The van der Waals surface area contributed by atoms with Gasteiger partial charge in [0.1, 0.15) is 5.82 Å². The van der Waals surface area contributed by atoms with Crippen LogP contribution in [0, 0.1) is 11.7 Å². The zero-order valence-electron chi connectivity index (χ0n) is 9.65. The Morgan fingerprint density at radius 1 is 1.44 bits per heavy atom. The topological polar surface area (TPSA) is 12.0 Å². The molecule has 0 saturated heterocycles. The molecule has 1 aromatic carbocycles. The summed E-state index contributed by atoms with van der Waals surface area (Å²) in [6, 6.07) is 3.07. The van der Waals surface area contributed by atoms with Crippen LogP contribution in [0.1, 0.15) is 27.2 Å². The van der Waals surface area contributed by atoms with Gasteiger partial charge < -0.3 is 5.32 Å². The van der Waals surface area contributed by atoms with Crippen molar-refractivity contribution in [3.63, 3.8) is 0 Å². The minimum absolute atomic E-state index is 0.333. The average Bonchev–Trinajstić information content (AvgIpc) is 2.15. The summed E-state index contributed by atoms with van der Waals surface area (Å²) in [6.45, 7) is 6.40. The summed E-state index contributed by atoms with van der Waals surface area (Å²) < 4.78 is 13.7. The SMILES string of the molecule is CCC(Nc1c(Cl)cc(F)cc1Br)C(C)C. The first-order valence-corrected chi connectivity index (χ1v) is 6.53.